The molecule has 0 amide bonds. The molecule has 4 heteroatoms. The maximum absolute atomic E-state index is 12.9. The summed E-state index contributed by atoms with van der Waals surface area (Å²) in [6.07, 6.45) is 1.03. The van der Waals surface area contributed by atoms with E-state index in [0.717, 1.165) is 13.2 Å². The summed E-state index contributed by atoms with van der Waals surface area (Å²) in [6.45, 7) is 0. The van der Waals surface area contributed by atoms with Crippen LogP contribution in [0.2, 0.25) is 0 Å². The Morgan fingerprint density at radius 1 is 1.43 bits per heavy atom. The van der Waals surface area contributed by atoms with E-state index in [2.05, 4.69) is 4.74 Å². The topological polar surface area (TPSA) is 46.5 Å². The Balaban J connectivity index is 2.86. The first kappa shape index (κ1) is 10.2. The van der Waals surface area contributed by atoms with Gasteiger partial charge in [-0.25, -0.2) is 4.79 Å². The van der Waals surface area contributed by atoms with E-state index in [4.69, 9.17) is 5.11 Å². The van der Waals surface area contributed by atoms with E-state index in [1.165, 1.54) is 24.3 Å². The molecule has 1 N–H and O–H groups in total. The minimum Gasteiger partial charge on any atom is -0.508 e. The summed E-state index contributed by atoms with van der Waals surface area (Å²) >= 11 is 0. The third kappa shape index (κ3) is 2.58. The van der Waals surface area contributed by atoms with Crippen molar-refractivity contribution >= 4 is 12.0 Å². The fraction of sp³-hybridized carbons (Fsp3) is 0.100. The lowest BCUT2D eigenvalue weighted by atomic mass is 10.2. The molecule has 0 spiro atoms. The molecule has 0 unspecified atom stereocenters. The standard InChI is InChI=1S/C10H9FO3/c1-14-10(13)9(11)6-7-2-4-8(12)5-3-7/h2-6,12H,1H3/b9-6-. The van der Waals surface area contributed by atoms with Gasteiger partial charge in [-0.05, 0) is 23.8 Å². The van der Waals surface area contributed by atoms with Crippen LogP contribution in [0.15, 0.2) is 30.1 Å². The van der Waals surface area contributed by atoms with Crippen LogP contribution in [0.25, 0.3) is 6.08 Å². The van der Waals surface area contributed by atoms with Crippen molar-refractivity contribution in [2.45, 2.75) is 0 Å². The summed E-state index contributed by atoms with van der Waals surface area (Å²) in [5.74, 6) is -1.91. The number of carbonyl (C=O) groups is 1. The molecule has 14 heavy (non-hydrogen) atoms. The highest BCUT2D eigenvalue weighted by Gasteiger charge is 2.07. The van der Waals surface area contributed by atoms with E-state index in [9.17, 15) is 9.18 Å². The van der Waals surface area contributed by atoms with Crippen LogP contribution < -0.4 is 0 Å². The van der Waals surface area contributed by atoms with Crippen molar-refractivity contribution < 1.29 is 19.0 Å². The monoisotopic (exact) mass is 196 g/mol. The van der Waals surface area contributed by atoms with E-state index in [-0.39, 0.29) is 5.75 Å². The Hall–Kier alpha value is -1.84. The second kappa shape index (κ2) is 4.41. The third-order valence-electron chi connectivity index (χ3n) is 1.57. The van der Waals surface area contributed by atoms with Crippen LogP contribution in [0.3, 0.4) is 0 Å². The van der Waals surface area contributed by atoms with Gasteiger partial charge in [0.2, 0.25) is 5.83 Å². The van der Waals surface area contributed by atoms with Gasteiger partial charge in [-0.15, -0.1) is 0 Å². The van der Waals surface area contributed by atoms with Crippen molar-refractivity contribution in [3.05, 3.63) is 35.7 Å². The number of benzene rings is 1. The molecule has 3 nitrogen and oxygen atoms in total. The summed E-state index contributed by atoms with van der Waals surface area (Å²) in [5.41, 5.74) is 0.478. The van der Waals surface area contributed by atoms with Crippen LogP contribution in [0.5, 0.6) is 5.75 Å². The molecule has 0 aliphatic rings. The number of hydrogen-bond acceptors (Lipinski definition) is 3. The Morgan fingerprint density at radius 3 is 2.50 bits per heavy atom. The molecule has 1 aromatic rings. The average molecular weight is 196 g/mol. The molecule has 0 aliphatic carbocycles. The number of methoxy groups -OCH3 is 1. The van der Waals surface area contributed by atoms with Crippen molar-refractivity contribution in [1.29, 1.82) is 0 Å². The van der Waals surface area contributed by atoms with Gasteiger partial charge in [0.05, 0.1) is 7.11 Å². The van der Waals surface area contributed by atoms with Gasteiger partial charge in [0.1, 0.15) is 5.75 Å². The van der Waals surface area contributed by atoms with E-state index < -0.39 is 11.8 Å². The first-order valence-corrected chi connectivity index (χ1v) is 3.88. The second-order valence-corrected chi connectivity index (χ2v) is 2.58. The maximum Gasteiger partial charge on any atom is 0.366 e. The van der Waals surface area contributed by atoms with Gasteiger partial charge in [0, 0.05) is 0 Å². The number of halogens is 1. The number of aromatic hydroxyl groups is 1. The number of ether oxygens (including phenoxy) is 1. The van der Waals surface area contributed by atoms with E-state index in [1.54, 1.807) is 0 Å². The maximum atomic E-state index is 12.9. The zero-order valence-electron chi connectivity index (χ0n) is 7.53. The fourth-order valence-corrected chi connectivity index (χ4v) is 0.873. The molecule has 1 rings (SSSR count). The van der Waals surface area contributed by atoms with Crippen LogP contribution in [-0.4, -0.2) is 18.2 Å². The van der Waals surface area contributed by atoms with Crippen molar-refractivity contribution in [3.8, 4) is 5.75 Å². The van der Waals surface area contributed by atoms with Crippen LogP contribution in [0.1, 0.15) is 5.56 Å². The zero-order chi connectivity index (χ0) is 10.6. The molecular weight excluding hydrogens is 187 g/mol. The van der Waals surface area contributed by atoms with Crippen molar-refractivity contribution in [2.24, 2.45) is 0 Å². The van der Waals surface area contributed by atoms with Crippen molar-refractivity contribution in [2.75, 3.05) is 7.11 Å². The second-order valence-electron chi connectivity index (χ2n) is 2.58. The lowest BCUT2D eigenvalue weighted by Crippen LogP contribution is -1.99. The highest BCUT2D eigenvalue weighted by atomic mass is 19.1. The number of carbonyl (C=O) groups excluding carboxylic acids is 1. The van der Waals surface area contributed by atoms with Gasteiger partial charge in [-0.2, -0.15) is 4.39 Å². The summed E-state index contributed by atoms with van der Waals surface area (Å²) < 4.78 is 17.1. The van der Waals surface area contributed by atoms with Gasteiger partial charge in [0.15, 0.2) is 0 Å². The quantitative estimate of drug-likeness (QED) is 0.580. The summed E-state index contributed by atoms with van der Waals surface area (Å²) in [7, 11) is 1.10. The Kier molecular flexibility index (Phi) is 3.23. The van der Waals surface area contributed by atoms with Crippen LogP contribution in [0, 0.1) is 0 Å². The molecule has 0 saturated heterocycles. The summed E-state index contributed by atoms with van der Waals surface area (Å²) in [6, 6.07) is 5.77. The molecule has 0 bridgehead atoms. The third-order valence-corrected chi connectivity index (χ3v) is 1.57. The van der Waals surface area contributed by atoms with E-state index >= 15 is 0 Å². The number of esters is 1. The van der Waals surface area contributed by atoms with E-state index in [1.807, 2.05) is 0 Å². The number of rotatable bonds is 2. The molecule has 0 heterocycles. The first-order chi connectivity index (χ1) is 6.63. The zero-order valence-corrected chi connectivity index (χ0v) is 7.53. The molecule has 74 valence electrons. The minimum absolute atomic E-state index is 0.0839. The predicted molar refractivity (Wildman–Crippen MR) is 49.2 cm³/mol. The van der Waals surface area contributed by atoms with Gasteiger partial charge in [0.25, 0.3) is 0 Å². The van der Waals surface area contributed by atoms with Crippen molar-refractivity contribution in [3.63, 3.8) is 0 Å². The molecule has 0 aliphatic heterocycles. The lowest BCUT2D eigenvalue weighted by Gasteiger charge is -1.96. The molecule has 1 aromatic carbocycles. The fourth-order valence-electron chi connectivity index (χ4n) is 0.873. The number of phenolic OH excluding ortho intramolecular Hbond substituents is 1. The highest BCUT2D eigenvalue weighted by Crippen LogP contribution is 2.13. The van der Waals surface area contributed by atoms with Crippen molar-refractivity contribution in [1.82, 2.24) is 0 Å². The highest BCUT2D eigenvalue weighted by molar-refractivity contribution is 5.91. The molecule has 0 saturated carbocycles. The average Bonchev–Trinajstić information content (AvgIpc) is 2.20. The van der Waals surface area contributed by atoms with Gasteiger partial charge >= 0.3 is 5.97 Å². The lowest BCUT2D eigenvalue weighted by molar-refractivity contribution is -0.137. The molecule has 0 fully saturated rings. The van der Waals surface area contributed by atoms with E-state index in [0.29, 0.717) is 5.56 Å². The largest absolute Gasteiger partial charge is 0.508 e. The number of hydrogen-bond donors (Lipinski definition) is 1. The first-order valence-electron chi connectivity index (χ1n) is 3.88. The van der Waals surface area contributed by atoms with Gasteiger partial charge in [-0.3, -0.25) is 0 Å². The van der Waals surface area contributed by atoms with Crippen LogP contribution in [0.4, 0.5) is 4.39 Å². The Labute approximate surface area is 80.4 Å². The predicted octanol–water partition coefficient (Wildman–Crippen LogP) is 1.88. The molecule has 0 atom stereocenters. The SMILES string of the molecule is COC(=O)/C(F)=C/c1ccc(O)cc1. The van der Waals surface area contributed by atoms with Crippen LogP contribution >= 0.6 is 0 Å². The normalized spacial score (nSPS) is 11.1. The summed E-state index contributed by atoms with van der Waals surface area (Å²) in [5, 5.41) is 8.94. The molecular formula is C10H9FO3. The Morgan fingerprint density at radius 2 is 2.00 bits per heavy atom. The Bertz CT molecular complexity index is 354. The van der Waals surface area contributed by atoms with Gasteiger partial charge in [-0.1, -0.05) is 12.1 Å². The van der Waals surface area contributed by atoms with Gasteiger partial charge < -0.3 is 9.84 Å². The number of phenols is 1. The minimum atomic E-state index is -1.02. The molecule has 0 aromatic heterocycles. The summed E-state index contributed by atoms with van der Waals surface area (Å²) in [4.78, 5) is 10.7. The molecule has 0 radical (unpaired) electrons. The smallest absolute Gasteiger partial charge is 0.366 e. The van der Waals surface area contributed by atoms with Crippen LogP contribution in [-0.2, 0) is 9.53 Å².